The Morgan fingerprint density at radius 2 is 2.09 bits per heavy atom. The fourth-order valence-electron chi connectivity index (χ4n) is 2.51. The SMILES string of the molecule is O=C(O)c1csc(CN2CCN(c3cccc(Cl)c3)CC2)n1. The lowest BCUT2D eigenvalue weighted by Crippen LogP contribution is -2.45. The second kappa shape index (κ2) is 6.64. The maximum atomic E-state index is 10.8. The van der Waals surface area contributed by atoms with Gasteiger partial charge in [0.15, 0.2) is 5.69 Å². The molecule has 0 atom stereocenters. The standard InChI is InChI=1S/C15H16ClN3O2S/c16-11-2-1-3-12(8-11)19-6-4-18(5-7-19)9-14-17-13(10-22-14)15(20)21/h1-3,8,10H,4-7,9H2,(H,20,21). The van der Waals surface area contributed by atoms with Gasteiger partial charge in [0.05, 0.1) is 6.54 Å². The van der Waals surface area contributed by atoms with Gasteiger partial charge in [0.1, 0.15) is 5.01 Å². The van der Waals surface area contributed by atoms with Gasteiger partial charge in [-0.3, -0.25) is 4.90 Å². The molecule has 116 valence electrons. The first kappa shape index (κ1) is 15.3. The first-order valence-electron chi connectivity index (χ1n) is 7.02. The summed E-state index contributed by atoms with van der Waals surface area (Å²) in [7, 11) is 0. The Hall–Kier alpha value is -1.63. The Morgan fingerprint density at radius 3 is 2.73 bits per heavy atom. The molecule has 2 aromatic rings. The highest BCUT2D eigenvalue weighted by molar-refractivity contribution is 7.09. The molecule has 1 aliphatic rings. The van der Waals surface area contributed by atoms with E-state index in [9.17, 15) is 4.79 Å². The van der Waals surface area contributed by atoms with Gasteiger partial charge >= 0.3 is 5.97 Å². The number of hydrogen-bond acceptors (Lipinski definition) is 5. The van der Waals surface area contributed by atoms with Crippen molar-refractivity contribution in [2.24, 2.45) is 0 Å². The number of nitrogens with zero attached hydrogens (tertiary/aromatic N) is 3. The van der Waals surface area contributed by atoms with Crippen LogP contribution in [0.5, 0.6) is 0 Å². The maximum Gasteiger partial charge on any atom is 0.355 e. The fraction of sp³-hybridized carbons (Fsp3) is 0.333. The summed E-state index contributed by atoms with van der Waals surface area (Å²) in [6, 6.07) is 7.90. The Labute approximate surface area is 137 Å². The van der Waals surface area contributed by atoms with E-state index in [1.807, 2.05) is 18.2 Å². The van der Waals surface area contributed by atoms with E-state index in [-0.39, 0.29) is 5.69 Å². The van der Waals surface area contributed by atoms with Crippen molar-refractivity contribution in [1.82, 2.24) is 9.88 Å². The largest absolute Gasteiger partial charge is 0.476 e. The summed E-state index contributed by atoms with van der Waals surface area (Å²) in [6.45, 7) is 4.42. The minimum absolute atomic E-state index is 0.137. The van der Waals surface area contributed by atoms with Gasteiger partial charge in [0.25, 0.3) is 0 Å². The van der Waals surface area contributed by atoms with Gasteiger partial charge in [-0.05, 0) is 18.2 Å². The minimum atomic E-state index is -0.965. The van der Waals surface area contributed by atoms with Crippen LogP contribution in [-0.4, -0.2) is 47.1 Å². The third-order valence-corrected chi connectivity index (χ3v) is 4.74. The Kier molecular flexibility index (Phi) is 4.61. The molecule has 0 spiro atoms. The topological polar surface area (TPSA) is 56.7 Å². The predicted octanol–water partition coefficient (Wildman–Crippen LogP) is 2.82. The number of thiazole rings is 1. The highest BCUT2D eigenvalue weighted by Crippen LogP contribution is 2.21. The lowest BCUT2D eigenvalue weighted by atomic mass is 10.2. The molecule has 0 saturated carbocycles. The molecule has 0 unspecified atom stereocenters. The Bertz CT molecular complexity index is 668. The molecule has 0 bridgehead atoms. The maximum absolute atomic E-state index is 10.8. The number of piperazine rings is 1. The third kappa shape index (κ3) is 3.58. The van der Waals surface area contributed by atoms with E-state index >= 15 is 0 Å². The van der Waals surface area contributed by atoms with Crippen LogP contribution in [0.15, 0.2) is 29.6 Å². The smallest absolute Gasteiger partial charge is 0.355 e. The molecule has 0 aliphatic carbocycles. The molecule has 5 nitrogen and oxygen atoms in total. The molecule has 1 N–H and O–H groups in total. The van der Waals surface area contributed by atoms with Gasteiger partial charge in [-0.2, -0.15) is 0 Å². The number of carboxylic acid groups (broad SMARTS) is 1. The summed E-state index contributed by atoms with van der Waals surface area (Å²) in [6.07, 6.45) is 0. The molecule has 2 heterocycles. The van der Waals surface area contributed by atoms with E-state index in [0.29, 0.717) is 6.54 Å². The van der Waals surface area contributed by atoms with Crippen LogP contribution < -0.4 is 4.90 Å². The van der Waals surface area contributed by atoms with Crippen molar-refractivity contribution in [2.75, 3.05) is 31.1 Å². The number of aromatic carboxylic acids is 1. The van der Waals surface area contributed by atoms with Gasteiger partial charge in [-0.1, -0.05) is 17.7 Å². The van der Waals surface area contributed by atoms with E-state index in [0.717, 1.165) is 41.9 Å². The summed E-state index contributed by atoms with van der Waals surface area (Å²) in [5.41, 5.74) is 1.28. The predicted molar refractivity (Wildman–Crippen MR) is 88.0 cm³/mol. The number of carbonyl (C=O) groups is 1. The molecule has 1 aromatic heterocycles. The zero-order valence-electron chi connectivity index (χ0n) is 11.9. The van der Waals surface area contributed by atoms with Crippen LogP contribution in [0.25, 0.3) is 0 Å². The molecular formula is C15H16ClN3O2S. The summed E-state index contributed by atoms with van der Waals surface area (Å²) < 4.78 is 0. The van der Waals surface area contributed by atoms with E-state index in [1.54, 1.807) is 5.38 Å². The Morgan fingerprint density at radius 1 is 1.32 bits per heavy atom. The summed E-state index contributed by atoms with van der Waals surface area (Å²) in [5, 5.41) is 12.1. The monoisotopic (exact) mass is 337 g/mol. The molecule has 22 heavy (non-hydrogen) atoms. The zero-order valence-corrected chi connectivity index (χ0v) is 13.5. The van der Waals surface area contributed by atoms with Crippen LogP contribution >= 0.6 is 22.9 Å². The van der Waals surface area contributed by atoms with E-state index in [4.69, 9.17) is 16.7 Å². The van der Waals surface area contributed by atoms with Crippen molar-refractivity contribution in [3.63, 3.8) is 0 Å². The number of hydrogen-bond donors (Lipinski definition) is 1. The van der Waals surface area contributed by atoms with Crippen molar-refractivity contribution in [3.8, 4) is 0 Å². The van der Waals surface area contributed by atoms with Crippen LogP contribution in [0.4, 0.5) is 5.69 Å². The zero-order chi connectivity index (χ0) is 15.5. The van der Waals surface area contributed by atoms with Gasteiger partial charge in [0, 0.05) is 42.3 Å². The number of rotatable bonds is 4. The summed E-state index contributed by atoms with van der Waals surface area (Å²) in [5.74, 6) is -0.965. The van der Waals surface area contributed by atoms with Gasteiger partial charge in [-0.25, -0.2) is 9.78 Å². The average molecular weight is 338 g/mol. The molecule has 1 fully saturated rings. The van der Waals surface area contributed by atoms with Crippen LogP contribution in [-0.2, 0) is 6.54 Å². The fourth-order valence-corrected chi connectivity index (χ4v) is 3.50. The van der Waals surface area contributed by atoms with Gasteiger partial charge in [-0.15, -0.1) is 11.3 Å². The lowest BCUT2D eigenvalue weighted by Gasteiger charge is -2.35. The van der Waals surface area contributed by atoms with Crippen molar-refractivity contribution < 1.29 is 9.90 Å². The first-order valence-corrected chi connectivity index (χ1v) is 8.28. The molecule has 1 saturated heterocycles. The van der Waals surface area contributed by atoms with E-state index < -0.39 is 5.97 Å². The second-order valence-electron chi connectivity index (χ2n) is 5.17. The molecule has 1 aliphatic heterocycles. The van der Waals surface area contributed by atoms with Crippen LogP contribution in [0, 0.1) is 0 Å². The number of aromatic nitrogens is 1. The quantitative estimate of drug-likeness (QED) is 0.929. The molecule has 1 aromatic carbocycles. The van der Waals surface area contributed by atoms with Crippen molar-refractivity contribution >= 4 is 34.6 Å². The van der Waals surface area contributed by atoms with Crippen LogP contribution in [0.2, 0.25) is 5.02 Å². The van der Waals surface area contributed by atoms with Crippen LogP contribution in [0.3, 0.4) is 0 Å². The van der Waals surface area contributed by atoms with E-state index in [1.165, 1.54) is 11.3 Å². The summed E-state index contributed by atoms with van der Waals surface area (Å²) in [4.78, 5) is 19.6. The number of anilines is 1. The van der Waals surface area contributed by atoms with Crippen molar-refractivity contribution in [3.05, 3.63) is 45.4 Å². The first-order chi connectivity index (χ1) is 10.6. The third-order valence-electron chi connectivity index (χ3n) is 3.68. The second-order valence-corrected chi connectivity index (χ2v) is 6.55. The van der Waals surface area contributed by atoms with Crippen LogP contribution in [0.1, 0.15) is 15.5 Å². The van der Waals surface area contributed by atoms with Gasteiger partial charge in [0.2, 0.25) is 0 Å². The molecular weight excluding hydrogens is 322 g/mol. The molecule has 7 heteroatoms. The molecule has 3 rings (SSSR count). The normalized spacial score (nSPS) is 16.0. The average Bonchev–Trinajstić information content (AvgIpc) is 2.97. The number of halogens is 1. The minimum Gasteiger partial charge on any atom is -0.476 e. The number of benzene rings is 1. The Balaban J connectivity index is 1.56. The highest BCUT2D eigenvalue weighted by Gasteiger charge is 2.19. The highest BCUT2D eigenvalue weighted by atomic mass is 35.5. The van der Waals surface area contributed by atoms with E-state index in [2.05, 4.69) is 20.9 Å². The van der Waals surface area contributed by atoms with Crippen molar-refractivity contribution in [2.45, 2.75) is 6.54 Å². The summed E-state index contributed by atoms with van der Waals surface area (Å²) >= 11 is 7.44. The van der Waals surface area contributed by atoms with Crippen molar-refractivity contribution in [1.29, 1.82) is 0 Å². The van der Waals surface area contributed by atoms with Gasteiger partial charge < -0.3 is 10.0 Å². The molecule has 0 radical (unpaired) electrons. The number of carboxylic acids is 1. The lowest BCUT2D eigenvalue weighted by molar-refractivity contribution is 0.0691. The molecule has 0 amide bonds.